The molecular weight excluding hydrogens is 390 g/mol. The van der Waals surface area contributed by atoms with Gasteiger partial charge < -0.3 is 15.0 Å². The van der Waals surface area contributed by atoms with E-state index in [2.05, 4.69) is 10.3 Å². The fraction of sp³-hybridized carbons (Fsp3) is 0.300. The van der Waals surface area contributed by atoms with E-state index in [1.165, 1.54) is 28.5 Å². The van der Waals surface area contributed by atoms with Crippen molar-refractivity contribution in [3.8, 4) is 17.5 Å². The second-order valence-corrected chi connectivity index (χ2v) is 7.49. The lowest BCUT2D eigenvalue weighted by Gasteiger charge is -2.12. The van der Waals surface area contributed by atoms with E-state index in [4.69, 9.17) is 5.26 Å². The van der Waals surface area contributed by atoms with E-state index in [0.717, 1.165) is 0 Å². The number of hydrogen-bond donors (Lipinski definition) is 2. The molecule has 0 fully saturated rings. The van der Waals surface area contributed by atoms with Gasteiger partial charge in [-0.3, -0.25) is 14.2 Å². The smallest absolute Gasteiger partial charge is 0.268 e. The van der Waals surface area contributed by atoms with Crippen LogP contribution in [-0.2, 0) is 11.8 Å². The van der Waals surface area contributed by atoms with Gasteiger partial charge in [-0.05, 0) is 36.8 Å². The summed E-state index contributed by atoms with van der Waals surface area (Å²) in [6.45, 7) is 0.356. The largest absolute Gasteiger partial charge is 0.508 e. The molecule has 2 aromatic heterocycles. The van der Waals surface area contributed by atoms with E-state index in [1.54, 1.807) is 29.0 Å². The molecule has 0 spiro atoms. The lowest BCUT2D eigenvalue weighted by molar-refractivity contribution is -0.121. The number of aryl methyl sites for hydroxylation is 1. The summed E-state index contributed by atoms with van der Waals surface area (Å²) in [7, 11) is 1.83. The number of carbonyl (C=O) groups is 1. The minimum Gasteiger partial charge on any atom is -0.508 e. The summed E-state index contributed by atoms with van der Waals surface area (Å²) >= 11 is 1.40. The number of nitrogens with zero attached hydrogens (tertiary/aromatic N) is 4. The lowest BCUT2D eigenvalue weighted by atomic mass is 10.3. The Balaban J connectivity index is 1.81. The van der Waals surface area contributed by atoms with E-state index in [0.29, 0.717) is 53.4 Å². The van der Waals surface area contributed by atoms with Crippen LogP contribution in [-0.4, -0.2) is 37.4 Å². The van der Waals surface area contributed by atoms with Crippen molar-refractivity contribution < 1.29 is 9.90 Å². The average Bonchev–Trinajstić information content (AvgIpc) is 3.08. The monoisotopic (exact) mass is 411 g/mol. The zero-order valence-electron chi connectivity index (χ0n) is 16.0. The maximum atomic E-state index is 13.1. The van der Waals surface area contributed by atoms with Gasteiger partial charge in [0.05, 0.1) is 23.6 Å². The number of aromatic nitrogens is 3. The maximum absolute atomic E-state index is 13.1. The molecule has 1 amide bonds. The van der Waals surface area contributed by atoms with Crippen molar-refractivity contribution in [2.24, 2.45) is 7.05 Å². The molecule has 3 aromatic rings. The van der Waals surface area contributed by atoms with Gasteiger partial charge in [-0.1, -0.05) is 11.8 Å². The van der Waals surface area contributed by atoms with E-state index in [1.807, 2.05) is 13.1 Å². The number of aromatic hydroxyl groups is 1. The molecule has 0 bridgehead atoms. The molecule has 3 rings (SSSR count). The first-order valence-corrected chi connectivity index (χ1v) is 10.1. The molecule has 9 heteroatoms. The zero-order valence-corrected chi connectivity index (χ0v) is 16.8. The fourth-order valence-electron chi connectivity index (χ4n) is 2.84. The third-order valence-corrected chi connectivity index (χ3v) is 5.34. The van der Waals surface area contributed by atoms with E-state index < -0.39 is 0 Å². The predicted octanol–water partition coefficient (Wildman–Crippen LogP) is 2.33. The van der Waals surface area contributed by atoms with Crippen LogP contribution in [0.15, 0.2) is 46.5 Å². The predicted molar refractivity (Wildman–Crippen MR) is 111 cm³/mol. The summed E-state index contributed by atoms with van der Waals surface area (Å²) in [5, 5.41) is 21.8. The average molecular weight is 411 g/mol. The van der Waals surface area contributed by atoms with Crippen LogP contribution < -0.4 is 10.9 Å². The van der Waals surface area contributed by atoms with Gasteiger partial charge in [-0.2, -0.15) is 5.26 Å². The number of hydrogen-bond acceptors (Lipinski definition) is 6. The summed E-state index contributed by atoms with van der Waals surface area (Å²) in [4.78, 5) is 29.5. The summed E-state index contributed by atoms with van der Waals surface area (Å²) in [6, 6.07) is 10.1. The van der Waals surface area contributed by atoms with Crippen molar-refractivity contribution in [3.63, 3.8) is 0 Å². The van der Waals surface area contributed by atoms with Crippen molar-refractivity contribution in [1.82, 2.24) is 19.4 Å². The number of fused-ring (bicyclic) bond motifs is 1. The van der Waals surface area contributed by atoms with Crippen LogP contribution in [0.1, 0.15) is 19.3 Å². The van der Waals surface area contributed by atoms with Crippen molar-refractivity contribution in [1.29, 1.82) is 5.26 Å². The number of nitriles is 1. The number of thioether (sulfide) groups is 1. The number of nitrogens with one attached hydrogen (secondary N) is 1. The highest BCUT2D eigenvalue weighted by Crippen LogP contribution is 2.23. The van der Waals surface area contributed by atoms with Gasteiger partial charge in [-0.15, -0.1) is 0 Å². The Bertz CT molecular complexity index is 1110. The molecule has 0 aliphatic rings. The number of carbonyl (C=O) groups excluding carboxylic acids is 1. The third kappa shape index (κ3) is 4.78. The quantitative estimate of drug-likeness (QED) is 0.334. The van der Waals surface area contributed by atoms with Crippen LogP contribution in [0.2, 0.25) is 0 Å². The Labute approximate surface area is 171 Å². The fourth-order valence-corrected chi connectivity index (χ4v) is 3.78. The number of benzene rings is 1. The number of phenols is 1. The van der Waals surface area contributed by atoms with E-state index in [9.17, 15) is 14.7 Å². The van der Waals surface area contributed by atoms with Gasteiger partial charge in [0, 0.05) is 32.0 Å². The minimum absolute atomic E-state index is 0.0948. The molecule has 1 aromatic carbocycles. The molecular formula is C20H21N5O3S. The van der Waals surface area contributed by atoms with Gasteiger partial charge in [0.2, 0.25) is 5.91 Å². The molecule has 2 heterocycles. The molecule has 0 aliphatic heterocycles. The molecule has 0 unspecified atom stereocenters. The normalized spacial score (nSPS) is 10.8. The lowest BCUT2D eigenvalue weighted by Crippen LogP contribution is -2.24. The van der Waals surface area contributed by atoms with E-state index >= 15 is 0 Å². The highest BCUT2D eigenvalue weighted by atomic mass is 32.2. The van der Waals surface area contributed by atoms with Crippen molar-refractivity contribution in [2.45, 2.75) is 24.4 Å². The van der Waals surface area contributed by atoms with E-state index in [-0.39, 0.29) is 17.2 Å². The van der Waals surface area contributed by atoms with Crippen LogP contribution in [0.5, 0.6) is 5.75 Å². The highest BCUT2D eigenvalue weighted by Gasteiger charge is 2.15. The zero-order chi connectivity index (χ0) is 20.8. The van der Waals surface area contributed by atoms with Crippen LogP contribution in [0.4, 0.5) is 0 Å². The molecule has 0 aliphatic carbocycles. The molecule has 29 heavy (non-hydrogen) atoms. The number of rotatable bonds is 8. The van der Waals surface area contributed by atoms with Crippen LogP contribution >= 0.6 is 11.8 Å². The summed E-state index contributed by atoms with van der Waals surface area (Å²) in [6.07, 6.45) is 3.04. The highest BCUT2D eigenvalue weighted by molar-refractivity contribution is 7.99. The SMILES string of the molecule is Cn1ccc2c(=O)n(-c3ccc(O)cc3)c(SCCCC(=O)NCCC#N)nc21. The summed E-state index contributed by atoms with van der Waals surface area (Å²) in [5.41, 5.74) is 1.03. The van der Waals surface area contributed by atoms with Gasteiger partial charge in [0.1, 0.15) is 11.4 Å². The van der Waals surface area contributed by atoms with Crippen LogP contribution in [0.3, 0.4) is 0 Å². The molecule has 0 atom stereocenters. The molecule has 2 N–H and O–H groups in total. The summed E-state index contributed by atoms with van der Waals surface area (Å²) < 4.78 is 3.32. The Morgan fingerprint density at radius 1 is 1.31 bits per heavy atom. The second-order valence-electron chi connectivity index (χ2n) is 6.43. The van der Waals surface area contributed by atoms with Crippen molar-refractivity contribution >= 4 is 28.7 Å². The first kappa shape index (κ1) is 20.5. The third-order valence-electron chi connectivity index (χ3n) is 4.31. The first-order valence-electron chi connectivity index (χ1n) is 9.15. The minimum atomic E-state index is -0.182. The van der Waals surface area contributed by atoms with Gasteiger partial charge in [0.15, 0.2) is 5.16 Å². The molecule has 0 saturated carbocycles. The Hall–Kier alpha value is -3.25. The van der Waals surface area contributed by atoms with Crippen molar-refractivity contribution in [3.05, 3.63) is 46.9 Å². The first-order chi connectivity index (χ1) is 14.0. The summed E-state index contributed by atoms with van der Waals surface area (Å²) in [5.74, 6) is 0.626. The topological polar surface area (TPSA) is 113 Å². The van der Waals surface area contributed by atoms with Crippen molar-refractivity contribution in [2.75, 3.05) is 12.3 Å². The van der Waals surface area contributed by atoms with Crippen LogP contribution in [0.25, 0.3) is 16.7 Å². The van der Waals surface area contributed by atoms with Crippen LogP contribution in [0, 0.1) is 11.3 Å². The number of amides is 1. The molecule has 150 valence electrons. The standard InChI is InChI=1S/C20H21N5O3S/c1-24-12-9-16-18(24)23-20(29-13-2-4-17(27)22-11-3-10-21)25(19(16)28)14-5-7-15(26)8-6-14/h5-9,12,26H,2-4,11,13H2,1H3,(H,22,27). The Morgan fingerprint density at radius 3 is 2.79 bits per heavy atom. The molecule has 0 saturated heterocycles. The Kier molecular flexibility index (Phi) is 6.57. The molecule has 8 nitrogen and oxygen atoms in total. The number of phenolic OH excluding ortho intramolecular Hbond substituents is 1. The van der Waals surface area contributed by atoms with Gasteiger partial charge in [0.25, 0.3) is 5.56 Å². The second kappa shape index (κ2) is 9.30. The maximum Gasteiger partial charge on any atom is 0.268 e. The van der Waals surface area contributed by atoms with Gasteiger partial charge in [-0.25, -0.2) is 4.98 Å². The molecule has 0 radical (unpaired) electrons. The Morgan fingerprint density at radius 2 is 2.07 bits per heavy atom. The van der Waals surface area contributed by atoms with Gasteiger partial charge >= 0.3 is 0 Å².